The molecule has 5 unspecified atom stereocenters. The molecule has 0 aromatic carbocycles. The first-order valence-corrected chi connectivity index (χ1v) is 22.4. The van der Waals surface area contributed by atoms with E-state index in [1.807, 2.05) is 0 Å². The lowest BCUT2D eigenvalue weighted by Gasteiger charge is -2.46. The molecule has 4 spiro atoms. The molecule has 5 saturated carbocycles. The van der Waals surface area contributed by atoms with E-state index in [1.54, 1.807) is 0 Å². The molecule has 4 heterocycles. The molecule has 9 aliphatic rings. The van der Waals surface area contributed by atoms with Crippen LogP contribution in [0, 0.1) is 35.5 Å². The van der Waals surface area contributed by atoms with Gasteiger partial charge in [0, 0.05) is 50.4 Å². The molecule has 2 N–H and O–H groups in total. The maximum absolute atomic E-state index is 13.1. The molecule has 0 aromatic rings. The minimum absolute atomic E-state index is 0.00401. The van der Waals surface area contributed by atoms with Gasteiger partial charge in [0.1, 0.15) is 22.3 Å². The van der Waals surface area contributed by atoms with E-state index in [-0.39, 0.29) is 71.6 Å². The normalized spacial score (nSPS) is 37.0. The number of ether oxygens (including phenoxy) is 8. The molecule has 0 amide bonds. The average Bonchev–Trinajstić information content (AvgIpc) is 4.16. The zero-order chi connectivity index (χ0) is 45.0. The summed E-state index contributed by atoms with van der Waals surface area (Å²) in [6.07, 6.45) is 21.9. The Labute approximate surface area is 369 Å². The topological polar surface area (TPSA) is 217 Å². The number of hydrogen-bond donors (Lipinski definition) is 2. The maximum atomic E-state index is 13.1. The molecule has 16 nitrogen and oxygen atoms in total. The summed E-state index contributed by atoms with van der Waals surface area (Å²) in [5.74, 6) is -10.5. The predicted octanol–water partition coefficient (Wildman–Crippen LogP) is 7.00. The van der Waals surface area contributed by atoms with Crippen molar-refractivity contribution in [3.05, 3.63) is 94.9 Å². The SMILES string of the molecule is CC1CCC(C2CC2)C2(C1)OC(=O)C(=C/C=C/C=C/C1=C(O)OC3(CCC4(CC3)OC(=O)C(=C/C=C/C=C/C3=C(O)OC5(CC(C)CCC5C5CC5)OC3=O)C(=O)O4)OC1=O)C(=O)O2. The first-order chi connectivity index (χ1) is 30.6. The second-order valence-corrected chi connectivity index (χ2v) is 18.7. The van der Waals surface area contributed by atoms with Gasteiger partial charge in [0.15, 0.2) is 0 Å². The number of aliphatic hydroxyl groups excluding tert-OH is 2. The van der Waals surface area contributed by atoms with Crippen molar-refractivity contribution in [1.29, 1.82) is 0 Å². The van der Waals surface area contributed by atoms with Gasteiger partial charge in [0.05, 0.1) is 0 Å². The van der Waals surface area contributed by atoms with Crippen LogP contribution in [0.15, 0.2) is 94.9 Å². The van der Waals surface area contributed by atoms with Crippen LogP contribution in [0.4, 0.5) is 0 Å². The van der Waals surface area contributed by atoms with Gasteiger partial charge in [-0.25, -0.2) is 28.8 Å². The molecule has 2 saturated heterocycles. The Kier molecular flexibility index (Phi) is 11.1. The van der Waals surface area contributed by atoms with E-state index in [0.717, 1.165) is 51.4 Å². The third-order valence-electron chi connectivity index (χ3n) is 14.0. The smallest absolute Gasteiger partial charge is 0.348 e. The third kappa shape index (κ3) is 8.38. The number of esters is 6. The summed E-state index contributed by atoms with van der Waals surface area (Å²) in [4.78, 5) is 78.2. The quantitative estimate of drug-likeness (QED) is 0.0824. The summed E-state index contributed by atoms with van der Waals surface area (Å²) in [6.45, 7) is 4.12. The lowest BCUT2D eigenvalue weighted by molar-refractivity contribution is -0.297. The van der Waals surface area contributed by atoms with Crippen LogP contribution < -0.4 is 0 Å². The van der Waals surface area contributed by atoms with Gasteiger partial charge in [0.2, 0.25) is 0 Å². The molecular weight excluding hydrogens is 833 g/mol. The van der Waals surface area contributed by atoms with Crippen molar-refractivity contribution in [1.82, 2.24) is 0 Å². The first-order valence-electron chi connectivity index (χ1n) is 22.4. The van der Waals surface area contributed by atoms with Crippen LogP contribution in [0.5, 0.6) is 0 Å². The molecule has 5 aliphatic carbocycles. The number of hydrogen-bond acceptors (Lipinski definition) is 16. The Morgan fingerprint density at radius 3 is 1.25 bits per heavy atom. The second kappa shape index (κ2) is 16.5. The van der Waals surface area contributed by atoms with E-state index in [0.29, 0.717) is 24.7 Å². The van der Waals surface area contributed by atoms with Gasteiger partial charge >= 0.3 is 35.8 Å². The molecule has 340 valence electrons. The van der Waals surface area contributed by atoms with Crippen molar-refractivity contribution in [3.63, 3.8) is 0 Å². The Bertz CT molecular complexity index is 2230. The largest absolute Gasteiger partial charge is 0.480 e. The fourth-order valence-corrected chi connectivity index (χ4v) is 10.4. The van der Waals surface area contributed by atoms with E-state index in [9.17, 15) is 39.0 Å². The average molecular weight is 885 g/mol. The standard InChI is InChI=1S/C48H52O16/c1-27-13-19-35(29-15-16-29)47(25-27)61-41(53)33(42(54)62-47)11-7-3-5-9-31-37(49)57-45(58-38(31)50)21-23-46(24-22-45)59-39(51)32(40(52)60-46)10-6-4-8-12-34-43(55)63-48(64-44(34)56)26-28(2)14-20-36(48)30-17-18-30/h3-12,27-30,35-36,49,55H,13-26H2,1-2H3/b6-4+,7-3+,9-5+,12-8+,32-10?,33-11?. The van der Waals surface area contributed by atoms with Crippen LogP contribution >= 0.6 is 0 Å². The number of carbonyl (C=O) groups excluding carboxylic acids is 6. The molecular formula is C48H52O16. The molecule has 0 bridgehead atoms. The first kappa shape index (κ1) is 43.2. The van der Waals surface area contributed by atoms with Gasteiger partial charge in [-0.2, -0.15) is 0 Å². The summed E-state index contributed by atoms with van der Waals surface area (Å²) in [7, 11) is 0. The van der Waals surface area contributed by atoms with Crippen LogP contribution in [0.1, 0.15) is 104 Å². The van der Waals surface area contributed by atoms with Crippen LogP contribution in [-0.4, -0.2) is 69.2 Å². The highest BCUT2D eigenvalue weighted by atomic mass is 16.8. The number of aliphatic hydroxyl groups is 2. The molecule has 16 heteroatoms. The molecule has 5 atom stereocenters. The van der Waals surface area contributed by atoms with Crippen molar-refractivity contribution >= 4 is 35.8 Å². The lowest BCUT2D eigenvalue weighted by atomic mass is 9.75. The Morgan fingerprint density at radius 1 is 0.438 bits per heavy atom. The van der Waals surface area contributed by atoms with Crippen LogP contribution in [0.3, 0.4) is 0 Å². The molecule has 9 rings (SSSR count). The van der Waals surface area contributed by atoms with Crippen molar-refractivity contribution in [2.75, 3.05) is 0 Å². The van der Waals surface area contributed by atoms with Crippen molar-refractivity contribution < 1.29 is 76.9 Å². The van der Waals surface area contributed by atoms with Gasteiger partial charge in [0.25, 0.3) is 35.0 Å². The second-order valence-electron chi connectivity index (χ2n) is 18.7. The monoisotopic (exact) mass is 884 g/mol. The van der Waals surface area contributed by atoms with Crippen molar-refractivity contribution in [3.8, 4) is 0 Å². The number of allylic oxidation sites excluding steroid dienone is 8. The van der Waals surface area contributed by atoms with Gasteiger partial charge < -0.3 is 48.1 Å². The van der Waals surface area contributed by atoms with Crippen molar-refractivity contribution in [2.45, 2.75) is 127 Å². The van der Waals surface area contributed by atoms with E-state index >= 15 is 0 Å². The number of carbonyl (C=O) groups is 6. The van der Waals surface area contributed by atoms with Crippen molar-refractivity contribution in [2.24, 2.45) is 35.5 Å². The van der Waals surface area contributed by atoms with Crippen LogP contribution in [0.2, 0.25) is 0 Å². The van der Waals surface area contributed by atoms with Crippen LogP contribution in [-0.2, 0) is 66.7 Å². The zero-order valence-corrected chi connectivity index (χ0v) is 35.7. The fraction of sp³-hybridized carbons (Fsp3) is 0.542. The Balaban J connectivity index is 0.766. The van der Waals surface area contributed by atoms with Gasteiger partial charge in [-0.15, -0.1) is 0 Å². The molecule has 0 radical (unpaired) electrons. The minimum Gasteiger partial charge on any atom is -0.480 e. The van der Waals surface area contributed by atoms with Gasteiger partial charge in [-0.05, 0) is 99.3 Å². The van der Waals surface area contributed by atoms with E-state index in [1.165, 1.54) is 60.8 Å². The van der Waals surface area contributed by atoms with E-state index < -0.39 is 70.9 Å². The predicted molar refractivity (Wildman–Crippen MR) is 219 cm³/mol. The van der Waals surface area contributed by atoms with Gasteiger partial charge in [-0.3, -0.25) is 0 Å². The Hall–Kier alpha value is -6.06. The summed E-state index contributed by atoms with van der Waals surface area (Å²) < 4.78 is 46.0. The highest BCUT2D eigenvalue weighted by molar-refractivity contribution is 6.16. The lowest BCUT2D eigenvalue weighted by Crippen LogP contribution is -2.55. The van der Waals surface area contributed by atoms with Gasteiger partial charge in [-0.1, -0.05) is 50.3 Å². The van der Waals surface area contributed by atoms with E-state index in [4.69, 9.17) is 37.9 Å². The van der Waals surface area contributed by atoms with E-state index in [2.05, 4.69) is 13.8 Å². The Morgan fingerprint density at radius 2 is 0.812 bits per heavy atom. The summed E-state index contributed by atoms with van der Waals surface area (Å²) in [6, 6.07) is 0. The molecule has 7 fully saturated rings. The maximum Gasteiger partial charge on any atom is 0.348 e. The molecule has 64 heavy (non-hydrogen) atoms. The zero-order valence-electron chi connectivity index (χ0n) is 35.7. The summed E-state index contributed by atoms with van der Waals surface area (Å²) in [5.41, 5.74) is -1.09. The summed E-state index contributed by atoms with van der Waals surface area (Å²) in [5, 5.41) is 21.5. The highest BCUT2D eigenvalue weighted by Crippen LogP contribution is 2.55. The van der Waals surface area contributed by atoms with Crippen LogP contribution in [0.25, 0.3) is 0 Å². The summed E-state index contributed by atoms with van der Waals surface area (Å²) >= 11 is 0. The molecule has 4 aliphatic heterocycles. The third-order valence-corrected chi connectivity index (χ3v) is 14.0. The number of rotatable bonds is 8. The highest BCUT2D eigenvalue weighted by Gasteiger charge is 2.60. The fourth-order valence-electron chi connectivity index (χ4n) is 10.4. The molecule has 0 aromatic heterocycles. The minimum atomic E-state index is -1.65.